The fraction of sp³-hybridized carbons (Fsp3) is 0.125. The summed E-state index contributed by atoms with van der Waals surface area (Å²) in [6.45, 7) is 0. The van der Waals surface area contributed by atoms with Crippen LogP contribution in [-0.4, -0.2) is 26.2 Å². The van der Waals surface area contributed by atoms with Gasteiger partial charge in [-0.05, 0) is 18.1 Å². The maximum Gasteiger partial charge on any atom is 0.338 e. The molecule has 21 heavy (non-hydrogen) atoms. The van der Waals surface area contributed by atoms with Gasteiger partial charge in [-0.25, -0.2) is 9.78 Å². The summed E-state index contributed by atoms with van der Waals surface area (Å²) in [6.07, 6.45) is 1.49. The molecule has 106 valence electrons. The van der Waals surface area contributed by atoms with Crippen LogP contribution in [0.1, 0.15) is 21.7 Å². The number of carboxylic acids is 1. The smallest absolute Gasteiger partial charge is 0.338 e. The average molecular weight is 282 g/mol. The summed E-state index contributed by atoms with van der Waals surface area (Å²) in [6, 6.07) is 12.7. The van der Waals surface area contributed by atoms with Crippen LogP contribution in [0.4, 0.5) is 0 Å². The van der Waals surface area contributed by atoms with E-state index in [1.807, 2.05) is 30.3 Å². The summed E-state index contributed by atoms with van der Waals surface area (Å²) in [5.74, 6) is -0.475. The molecule has 1 aromatic heterocycles. The Hall–Kier alpha value is -2.82. The first-order valence-electron chi connectivity index (χ1n) is 6.62. The van der Waals surface area contributed by atoms with E-state index in [1.165, 1.54) is 17.7 Å². The molecule has 2 aromatic carbocycles. The van der Waals surface area contributed by atoms with Crippen molar-refractivity contribution in [1.29, 1.82) is 0 Å². The molecule has 0 fully saturated rings. The van der Waals surface area contributed by atoms with Crippen molar-refractivity contribution >= 4 is 17.0 Å². The van der Waals surface area contributed by atoms with Crippen molar-refractivity contribution < 1.29 is 15.0 Å². The van der Waals surface area contributed by atoms with E-state index in [4.69, 9.17) is 5.11 Å². The Balaban J connectivity index is 1.90. The normalized spacial score (nSPS) is 10.9. The molecule has 5 heteroatoms. The number of hydrogen-bond acceptors (Lipinski definition) is 3. The fourth-order valence-corrected chi connectivity index (χ4v) is 2.34. The Morgan fingerprint density at radius 3 is 2.62 bits per heavy atom. The van der Waals surface area contributed by atoms with E-state index in [0.717, 1.165) is 6.42 Å². The third kappa shape index (κ3) is 2.72. The Bertz CT molecular complexity index is 794. The quantitative estimate of drug-likeness (QED) is 0.686. The van der Waals surface area contributed by atoms with Gasteiger partial charge < -0.3 is 15.2 Å². The van der Waals surface area contributed by atoms with Gasteiger partial charge in [-0.2, -0.15) is 0 Å². The number of phenols is 1. The van der Waals surface area contributed by atoms with Crippen molar-refractivity contribution in [3.8, 4) is 5.75 Å². The molecule has 3 rings (SSSR count). The Morgan fingerprint density at radius 2 is 1.90 bits per heavy atom. The van der Waals surface area contributed by atoms with Gasteiger partial charge in [-0.15, -0.1) is 0 Å². The zero-order chi connectivity index (χ0) is 14.8. The van der Waals surface area contributed by atoms with Crippen LogP contribution in [0.5, 0.6) is 5.75 Å². The van der Waals surface area contributed by atoms with Crippen molar-refractivity contribution in [1.82, 2.24) is 9.97 Å². The van der Waals surface area contributed by atoms with E-state index >= 15 is 0 Å². The predicted octanol–water partition coefficient (Wildman–Crippen LogP) is 2.75. The van der Waals surface area contributed by atoms with Gasteiger partial charge >= 0.3 is 5.97 Å². The van der Waals surface area contributed by atoms with E-state index in [9.17, 15) is 9.90 Å². The van der Waals surface area contributed by atoms with Crippen LogP contribution in [0.25, 0.3) is 11.0 Å². The molecule has 0 atom stereocenters. The fourth-order valence-electron chi connectivity index (χ4n) is 2.34. The highest BCUT2D eigenvalue weighted by Gasteiger charge is 2.14. The van der Waals surface area contributed by atoms with Crippen molar-refractivity contribution in [3.63, 3.8) is 0 Å². The first-order valence-corrected chi connectivity index (χ1v) is 6.62. The molecule has 0 amide bonds. The molecule has 3 aromatic rings. The molecule has 0 aliphatic rings. The number of hydrogen-bond donors (Lipinski definition) is 3. The number of fused-ring (bicyclic) bond motifs is 1. The summed E-state index contributed by atoms with van der Waals surface area (Å²) in [5, 5.41) is 18.7. The molecule has 0 unspecified atom stereocenters. The standard InChI is InChI=1S/C16H14N2O3/c19-11-8-12(16(20)21)15-13(9-11)17-14(18-15)7-6-10-4-2-1-3-5-10/h1-5,8-9,19H,6-7H2,(H,17,18)(H,20,21). The van der Waals surface area contributed by atoms with Gasteiger partial charge in [0.1, 0.15) is 17.1 Å². The van der Waals surface area contributed by atoms with Crippen LogP contribution in [0.15, 0.2) is 42.5 Å². The van der Waals surface area contributed by atoms with E-state index in [0.29, 0.717) is 23.3 Å². The lowest BCUT2D eigenvalue weighted by atomic mass is 10.1. The second-order valence-electron chi connectivity index (χ2n) is 4.86. The zero-order valence-electron chi connectivity index (χ0n) is 11.2. The number of H-pyrrole nitrogens is 1. The van der Waals surface area contributed by atoms with Gasteiger partial charge in [-0.1, -0.05) is 30.3 Å². The number of nitrogens with one attached hydrogen (secondary N) is 1. The van der Waals surface area contributed by atoms with Crippen LogP contribution in [-0.2, 0) is 12.8 Å². The Labute approximate surface area is 120 Å². The second kappa shape index (κ2) is 5.28. The van der Waals surface area contributed by atoms with E-state index < -0.39 is 5.97 Å². The van der Waals surface area contributed by atoms with Crippen molar-refractivity contribution in [2.24, 2.45) is 0 Å². The van der Waals surface area contributed by atoms with E-state index in [1.54, 1.807) is 0 Å². The summed E-state index contributed by atoms with van der Waals surface area (Å²) in [7, 11) is 0. The topological polar surface area (TPSA) is 86.2 Å². The molecule has 5 nitrogen and oxygen atoms in total. The molecular weight excluding hydrogens is 268 g/mol. The molecule has 0 aliphatic carbocycles. The van der Waals surface area contributed by atoms with Gasteiger partial charge in [-0.3, -0.25) is 0 Å². The molecular formula is C16H14N2O3. The largest absolute Gasteiger partial charge is 0.508 e. The molecule has 1 heterocycles. The number of rotatable bonds is 4. The van der Waals surface area contributed by atoms with Gasteiger partial charge in [0.05, 0.1) is 11.1 Å². The number of nitrogens with zero attached hydrogens (tertiary/aromatic N) is 1. The number of aromatic nitrogens is 2. The molecule has 0 bridgehead atoms. The maximum atomic E-state index is 11.2. The van der Waals surface area contributed by atoms with Crippen molar-refractivity contribution in [2.75, 3.05) is 0 Å². The minimum atomic E-state index is -1.10. The first-order chi connectivity index (χ1) is 10.1. The number of imidazole rings is 1. The van der Waals surface area contributed by atoms with Crippen LogP contribution in [0.3, 0.4) is 0 Å². The highest BCUT2D eigenvalue weighted by atomic mass is 16.4. The number of aromatic carboxylic acids is 1. The highest BCUT2D eigenvalue weighted by Crippen LogP contribution is 2.23. The summed E-state index contributed by atoms with van der Waals surface area (Å²) < 4.78 is 0. The van der Waals surface area contributed by atoms with Crippen molar-refractivity contribution in [3.05, 3.63) is 59.4 Å². The van der Waals surface area contributed by atoms with Crippen LogP contribution in [0, 0.1) is 0 Å². The maximum absolute atomic E-state index is 11.2. The third-order valence-electron chi connectivity index (χ3n) is 3.34. The Kier molecular flexibility index (Phi) is 3.31. The van der Waals surface area contributed by atoms with Crippen LogP contribution in [0.2, 0.25) is 0 Å². The van der Waals surface area contributed by atoms with Gasteiger partial charge in [0.2, 0.25) is 0 Å². The number of carbonyl (C=O) groups is 1. The SMILES string of the molecule is O=C(O)c1cc(O)cc2[nH]c(CCc3ccccc3)nc12. The summed E-state index contributed by atoms with van der Waals surface area (Å²) >= 11 is 0. The number of aromatic hydroxyl groups is 1. The van der Waals surface area contributed by atoms with E-state index in [-0.39, 0.29) is 11.3 Å². The summed E-state index contributed by atoms with van der Waals surface area (Å²) in [5.41, 5.74) is 2.12. The number of carboxylic acid groups (broad SMARTS) is 1. The molecule has 0 saturated heterocycles. The van der Waals surface area contributed by atoms with E-state index in [2.05, 4.69) is 9.97 Å². The van der Waals surface area contributed by atoms with Gasteiger partial charge in [0, 0.05) is 12.5 Å². The van der Waals surface area contributed by atoms with Crippen LogP contribution >= 0.6 is 0 Å². The highest BCUT2D eigenvalue weighted by molar-refractivity contribution is 6.01. The van der Waals surface area contributed by atoms with Crippen molar-refractivity contribution in [2.45, 2.75) is 12.8 Å². The molecule has 0 saturated carbocycles. The average Bonchev–Trinajstić information content (AvgIpc) is 2.87. The minimum Gasteiger partial charge on any atom is -0.508 e. The number of aryl methyl sites for hydroxylation is 2. The lowest BCUT2D eigenvalue weighted by molar-refractivity contribution is 0.0698. The first kappa shape index (κ1) is 13.2. The molecule has 0 spiro atoms. The predicted molar refractivity (Wildman–Crippen MR) is 78.6 cm³/mol. The zero-order valence-corrected chi connectivity index (χ0v) is 11.2. The van der Waals surface area contributed by atoms with Gasteiger partial charge in [0.15, 0.2) is 0 Å². The monoisotopic (exact) mass is 282 g/mol. The molecule has 3 N–H and O–H groups in total. The number of benzene rings is 2. The van der Waals surface area contributed by atoms with Gasteiger partial charge in [0.25, 0.3) is 0 Å². The number of phenolic OH excluding ortho intramolecular Hbond substituents is 1. The molecule has 0 aliphatic heterocycles. The Morgan fingerprint density at radius 1 is 1.14 bits per heavy atom. The third-order valence-corrected chi connectivity index (χ3v) is 3.34. The summed E-state index contributed by atoms with van der Waals surface area (Å²) in [4.78, 5) is 18.6. The minimum absolute atomic E-state index is 0.00668. The lowest BCUT2D eigenvalue weighted by Gasteiger charge is -1.97. The number of aromatic amines is 1. The molecule has 0 radical (unpaired) electrons. The second-order valence-corrected chi connectivity index (χ2v) is 4.86. The van der Waals surface area contributed by atoms with Crippen LogP contribution < -0.4 is 0 Å². The lowest BCUT2D eigenvalue weighted by Crippen LogP contribution is -1.97.